The topological polar surface area (TPSA) is 21.7 Å². The first-order chi connectivity index (χ1) is 42.5. The van der Waals surface area contributed by atoms with E-state index >= 15 is 26.3 Å². The van der Waals surface area contributed by atoms with Gasteiger partial charge < -0.3 is 14.4 Å². The van der Waals surface area contributed by atoms with E-state index in [9.17, 15) is 0 Å². The minimum Gasteiger partial charge on any atom is -0.457 e. The van der Waals surface area contributed by atoms with Gasteiger partial charge in [-0.2, -0.15) is 0 Å². The summed E-state index contributed by atoms with van der Waals surface area (Å²) in [5.74, 6) is -4.97. The molecule has 0 aromatic heterocycles. The molecule has 0 aliphatic heterocycles. The molecule has 3 nitrogen and oxygen atoms in total. The van der Waals surface area contributed by atoms with Crippen molar-refractivity contribution in [3.8, 4) is 45.3 Å². The number of allylic oxidation sites excluding steroid dienone is 4. The lowest BCUT2D eigenvalue weighted by molar-refractivity contribution is 0.459. The number of benzene rings is 11. The Balaban J connectivity index is 0.999. The van der Waals surface area contributed by atoms with E-state index in [1.54, 1.807) is 66.7 Å². The van der Waals surface area contributed by atoms with Crippen LogP contribution in [-0.4, -0.2) is 0 Å². The van der Waals surface area contributed by atoms with Crippen molar-refractivity contribution in [1.82, 2.24) is 0 Å². The summed E-state index contributed by atoms with van der Waals surface area (Å²) >= 11 is 0. The van der Waals surface area contributed by atoms with E-state index in [0.29, 0.717) is 103 Å². The molecule has 9 heteroatoms. The lowest BCUT2D eigenvalue weighted by atomic mass is 9.65. The normalized spacial score (nSPS) is 16.2. The summed E-state index contributed by atoms with van der Waals surface area (Å²) in [5, 5.41) is 0. The Kier molecular flexibility index (Phi) is 13.6. The van der Waals surface area contributed by atoms with Gasteiger partial charge in [-0.25, -0.2) is 26.3 Å². The highest BCUT2D eigenvalue weighted by molar-refractivity contribution is 5.94. The number of anilines is 3. The molecule has 3 aliphatic rings. The molecule has 0 saturated carbocycles. The Labute approximate surface area is 500 Å². The summed E-state index contributed by atoms with van der Waals surface area (Å²) in [6.45, 7) is 7.69. The van der Waals surface area contributed by atoms with Gasteiger partial charge in [-0.05, 0) is 200 Å². The monoisotopic (exact) mass is 1150 g/mol. The van der Waals surface area contributed by atoms with Gasteiger partial charge in [-0.15, -0.1) is 0 Å². The van der Waals surface area contributed by atoms with E-state index in [2.05, 4.69) is 13.2 Å². The molecule has 14 rings (SSSR count). The fourth-order valence-corrected chi connectivity index (χ4v) is 13.4. The van der Waals surface area contributed by atoms with Crippen LogP contribution in [-0.2, 0) is 10.8 Å². The number of hydrogen-bond donors (Lipinski definition) is 0. The predicted molar refractivity (Wildman–Crippen MR) is 335 cm³/mol. The fourth-order valence-electron chi connectivity index (χ4n) is 13.4. The van der Waals surface area contributed by atoms with Gasteiger partial charge in [0.1, 0.15) is 34.6 Å². The molecule has 2 atom stereocenters. The molecule has 422 valence electrons. The Morgan fingerprint density at radius 2 is 0.828 bits per heavy atom. The van der Waals surface area contributed by atoms with Gasteiger partial charge in [-0.3, -0.25) is 0 Å². The van der Waals surface area contributed by atoms with E-state index in [-0.39, 0.29) is 0 Å². The maximum atomic E-state index is 17.3. The molecule has 0 spiro atoms. The average Bonchev–Trinajstić information content (AvgIpc) is 1.61. The van der Waals surface area contributed by atoms with Gasteiger partial charge in [0.2, 0.25) is 0 Å². The van der Waals surface area contributed by atoms with Gasteiger partial charge in [0, 0.05) is 28.2 Å². The maximum Gasteiger partial charge on any atom is 0.166 e. The third-order valence-corrected chi connectivity index (χ3v) is 17.2. The number of ether oxygens (including phenoxy) is 2. The van der Waals surface area contributed by atoms with E-state index in [1.165, 1.54) is 0 Å². The van der Waals surface area contributed by atoms with Gasteiger partial charge >= 0.3 is 0 Å². The smallest absolute Gasteiger partial charge is 0.166 e. The van der Waals surface area contributed by atoms with E-state index in [0.717, 1.165) is 52.1 Å². The van der Waals surface area contributed by atoms with Gasteiger partial charge in [0.25, 0.3) is 0 Å². The molecular formula is C78H51F6NO2. The molecule has 0 N–H and O–H groups in total. The largest absolute Gasteiger partial charge is 0.457 e. The summed E-state index contributed by atoms with van der Waals surface area (Å²) in [5.41, 5.74) is 6.71. The van der Waals surface area contributed by atoms with E-state index in [4.69, 9.17) is 9.47 Å². The van der Waals surface area contributed by atoms with Gasteiger partial charge in [0.15, 0.2) is 23.3 Å². The highest BCUT2D eigenvalue weighted by Crippen LogP contribution is 2.61. The minimum absolute atomic E-state index is 0.389. The lowest BCUT2D eigenvalue weighted by Gasteiger charge is -2.37. The van der Waals surface area contributed by atoms with Gasteiger partial charge in [-0.1, -0.05) is 165 Å². The summed E-state index contributed by atoms with van der Waals surface area (Å²) < 4.78 is 114. The summed E-state index contributed by atoms with van der Waals surface area (Å²) in [4.78, 5) is 1.99. The predicted octanol–water partition coefficient (Wildman–Crippen LogP) is 21.3. The quantitative estimate of drug-likeness (QED) is 0.0800. The molecule has 2 unspecified atom stereocenters. The first-order valence-electron chi connectivity index (χ1n) is 28.5. The lowest BCUT2D eigenvalue weighted by Crippen LogP contribution is -2.33. The van der Waals surface area contributed by atoms with Crippen LogP contribution < -0.4 is 14.4 Å². The Morgan fingerprint density at radius 3 is 1.38 bits per heavy atom. The van der Waals surface area contributed by atoms with E-state index < -0.39 is 56.9 Å². The third-order valence-electron chi connectivity index (χ3n) is 17.2. The molecule has 11 aromatic carbocycles. The number of nitrogens with zero attached hydrogens (tertiary/aromatic N) is 1. The average molecular weight is 1150 g/mol. The molecule has 0 bridgehead atoms. The molecule has 0 saturated heterocycles. The van der Waals surface area contributed by atoms with Crippen LogP contribution in [0.2, 0.25) is 0 Å². The Morgan fingerprint density at radius 1 is 0.391 bits per heavy atom. The van der Waals surface area contributed by atoms with Crippen molar-refractivity contribution in [3.05, 3.63) is 358 Å². The van der Waals surface area contributed by atoms with Crippen molar-refractivity contribution in [2.24, 2.45) is 0 Å². The second-order valence-electron chi connectivity index (χ2n) is 21.8. The SMILES string of the molecule is C=Cc1ccc(Oc2ccc(C3(c4c(F)ccc(F)c4F)C4=C(C=CCC4)c4ccc(N(c5ccc(-c6ccccc6)cc5)c5ccc6c(c5)C(c5ccc(Oc7ccc(C=C)cc7)cc5)(c5c(F)ccc(F)c5F)c5ccccc5-6)cc43)cc2)cc1. The zero-order valence-corrected chi connectivity index (χ0v) is 46.7. The Bertz CT molecular complexity index is 4600. The second-order valence-corrected chi connectivity index (χ2v) is 21.8. The molecule has 0 heterocycles. The molecule has 87 heavy (non-hydrogen) atoms. The molecule has 0 radical (unpaired) electrons. The first-order valence-corrected chi connectivity index (χ1v) is 28.5. The molecule has 3 aliphatic carbocycles. The van der Waals surface area contributed by atoms with Crippen molar-refractivity contribution in [1.29, 1.82) is 0 Å². The van der Waals surface area contributed by atoms with Crippen LogP contribution in [0.4, 0.5) is 43.4 Å². The van der Waals surface area contributed by atoms with Crippen molar-refractivity contribution in [2.45, 2.75) is 23.7 Å². The van der Waals surface area contributed by atoms with Crippen LogP contribution >= 0.6 is 0 Å². The van der Waals surface area contributed by atoms with E-state index in [1.807, 2.05) is 175 Å². The van der Waals surface area contributed by atoms with Gasteiger partial charge in [0.05, 0.1) is 10.8 Å². The maximum absolute atomic E-state index is 17.3. The standard InChI is InChI=1S/C78H51F6NO2/c1-3-48-18-32-57(33-19-48)86-59-36-24-52(25-37-59)77(73-69(79)42-44-71(81)75(73)83)65-16-10-8-14-61(65)63-40-30-55(46-67(63)77)85(54-28-22-51(23-29-54)50-12-6-5-7-13-50)56-31-41-64-62-15-9-11-17-66(62)78(68(64)47-56,74-70(80)43-45-72(82)76(74)84)53-26-38-60(39-27-53)87-58-34-20-49(4-2)21-35-58/h3-10,12-16,18-47H,1-2,11,17H2. The summed E-state index contributed by atoms with van der Waals surface area (Å²) in [6.07, 6.45) is 8.40. The third kappa shape index (κ3) is 8.91. The van der Waals surface area contributed by atoms with Crippen LogP contribution in [0.25, 0.3) is 40.0 Å². The fraction of sp³-hybridized carbons (Fsp3) is 0.0513. The molecular weight excluding hydrogens is 1100 g/mol. The van der Waals surface area contributed by atoms with Crippen LogP contribution in [0.1, 0.15) is 68.5 Å². The van der Waals surface area contributed by atoms with Crippen LogP contribution in [0.3, 0.4) is 0 Å². The number of hydrogen-bond acceptors (Lipinski definition) is 3. The summed E-state index contributed by atoms with van der Waals surface area (Å²) in [6, 6.07) is 69.0. The summed E-state index contributed by atoms with van der Waals surface area (Å²) in [7, 11) is 0. The highest BCUT2D eigenvalue weighted by Gasteiger charge is 2.53. The zero-order valence-electron chi connectivity index (χ0n) is 46.7. The highest BCUT2D eigenvalue weighted by atomic mass is 19.2. The van der Waals surface area contributed by atoms with Crippen molar-refractivity contribution < 1.29 is 35.8 Å². The van der Waals surface area contributed by atoms with Crippen molar-refractivity contribution in [2.75, 3.05) is 4.90 Å². The zero-order chi connectivity index (χ0) is 59.6. The minimum atomic E-state index is -1.81. The number of fused-ring (bicyclic) bond motifs is 5. The number of rotatable bonds is 14. The first kappa shape index (κ1) is 54.3. The second kappa shape index (κ2) is 21.8. The van der Waals surface area contributed by atoms with Crippen LogP contribution in [0, 0.1) is 34.9 Å². The van der Waals surface area contributed by atoms with Crippen LogP contribution in [0.15, 0.2) is 267 Å². The molecule has 11 aromatic rings. The Hall–Kier alpha value is -10.6. The molecule has 0 fully saturated rings. The van der Waals surface area contributed by atoms with Crippen molar-refractivity contribution in [3.63, 3.8) is 0 Å². The number of halogens is 6. The molecule has 0 amide bonds. The van der Waals surface area contributed by atoms with Crippen LogP contribution in [0.5, 0.6) is 23.0 Å². The van der Waals surface area contributed by atoms with Crippen molar-refractivity contribution >= 4 is 34.8 Å².